The van der Waals surface area contributed by atoms with Crippen molar-refractivity contribution in [3.63, 3.8) is 0 Å². The van der Waals surface area contributed by atoms with E-state index in [0.717, 1.165) is 0 Å². The van der Waals surface area contributed by atoms with E-state index in [-0.39, 0.29) is 6.61 Å². The molecule has 0 radical (unpaired) electrons. The molecule has 62 valence electrons. The molecule has 0 aromatic carbocycles. The van der Waals surface area contributed by atoms with Crippen LogP contribution in [0.5, 0.6) is 0 Å². The number of carbonyl (C=O) groups excluding carboxylic acids is 1. The zero-order chi connectivity index (χ0) is 8.62. The predicted octanol–water partition coefficient (Wildman–Crippen LogP) is 1.40. The van der Waals surface area contributed by atoms with Crippen LogP contribution in [-0.4, -0.2) is 26.7 Å². The summed E-state index contributed by atoms with van der Waals surface area (Å²) in [5.74, 6) is 0. The second-order valence-corrected chi connectivity index (χ2v) is 1.36. The van der Waals surface area contributed by atoms with Crippen LogP contribution in [0.2, 0.25) is 0 Å². The van der Waals surface area contributed by atoms with Gasteiger partial charge in [0.15, 0.2) is 0 Å². The highest BCUT2D eigenvalue weighted by Crippen LogP contribution is 2.18. The van der Waals surface area contributed by atoms with E-state index in [0.29, 0.717) is 0 Å². The topological polar surface area (TPSA) is 26.3 Å². The Hall–Kier alpha value is -0.580. The van der Waals surface area contributed by atoms with Crippen LogP contribution >= 0.6 is 0 Å². The first-order valence-corrected chi connectivity index (χ1v) is 2.41. The summed E-state index contributed by atoms with van der Waals surface area (Å²) in [6.45, 7) is 1.75. The van der Waals surface area contributed by atoms with Crippen molar-refractivity contribution in [3.8, 4) is 0 Å². The van der Waals surface area contributed by atoms with Gasteiger partial charge in [-0.1, -0.05) is 0 Å². The average molecular weight is 158 g/mol. The van der Waals surface area contributed by atoms with Crippen LogP contribution in [0.15, 0.2) is 0 Å². The lowest BCUT2D eigenvalue weighted by atomic mass is 10.4. The summed E-state index contributed by atoms with van der Waals surface area (Å²) in [6.07, 6.45) is -4.93. The molecule has 0 rings (SSSR count). The van der Waals surface area contributed by atoms with Gasteiger partial charge in [-0.3, -0.25) is 0 Å². The molecule has 5 heteroatoms. The first-order valence-electron chi connectivity index (χ1n) is 2.41. The molecule has 0 fully saturated rings. The molecule has 0 aromatic heterocycles. The molecule has 0 aromatic rings. The summed E-state index contributed by atoms with van der Waals surface area (Å²) in [7, 11) is 1.24. The van der Waals surface area contributed by atoms with Crippen molar-refractivity contribution in [3.05, 3.63) is 0 Å². The van der Waals surface area contributed by atoms with Crippen LogP contribution in [0.1, 0.15) is 6.42 Å². The molecule has 0 aliphatic heterocycles. The highest BCUT2D eigenvalue weighted by Gasteiger charge is 2.25. The van der Waals surface area contributed by atoms with E-state index in [4.69, 9.17) is 4.79 Å². The van der Waals surface area contributed by atoms with Crippen molar-refractivity contribution in [1.29, 1.82) is 0 Å². The van der Waals surface area contributed by atoms with E-state index < -0.39 is 12.6 Å². The minimum atomic E-state index is -4.07. The molecule has 0 N–H and O–H groups in total. The van der Waals surface area contributed by atoms with Gasteiger partial charge in [0.2, 0.25) is 0 Å². The molecule has 0 unspecified atom stereocenters. The van der Waals surface area contributed by atoms with Crippen LogP contribution in [0.3, 0.4) is 0 Å². The fourth-order valence-electron chi connectivity index (χ4n) is 0.218. The Morgan fingerprint density at radius 2 is 1.80 bits per heavy atom. The second-order valence-electron chi connectivity index (χ2n) is 1.36. The minimum absolute atomic E-state index is 0.247. The number of ether oxygens (including phenoxy) is 1. The Balaban J connectivity index is 0. The van der Waals surface area contributed by atoms with E-state index in [1.807, 2.05) is 6.79 Å². The molecule has 0 atom stereocenters. The van der Waals surface area contributed by atoms with Crippen molar-refractivity contribution < 1.29 is 22.7 Å². The van der Waals surface area contributed by atoms with Crippen molar-refractivity contribution in [2.24, 2.45) is 0 Å². The van der Waals surface area contributed by atoms with E-state index >= 15 is 0 Å². The van der Waals surface area contributed by atoms with Gasteiger partial charge in [0, 0.05) is 7.11 Å². The third-order valence-electron chi connectivity index (χ3n) is 0.590. The average Bonchev–Trinajstić information content (AvgIpc) is 1.87. The zero-order valence-electron chi connectivity index (χ0n) is 5.57. The van der Waals surface area contributed by atoms with Gasteiger partial charge in [0.1, 0.15) is 6.79 Å². The van der Waals surface area contributed by atoms with Gasteiger partial charge < -0.3 is 9.53 Å². The Morgan fingerprint density at radius 1 is 1.40 bits per heavy atom. The Bertz CT molecular complexity index is 71.8. The van der Waals surface area contributed by atoms with Crippen LogP contribution in [-0.2, 0) is 9.53 Å². The van der Waals surface area contributed by atoms with Gasteiger partial charge in [-0.2, -0.15) is 13.2 Å². The number of hydrogen-bond acceptors (Lipinski definition) is 2. The molecular weight excluding hydrogens is 149 g/mol. The van der Waals surface area contributed by atoms with Gasteiger partial charge in [-0.15, -0.1) is 0 Å². The minimum Gasteiger partial charge on any atom is -0.384 e. The fourth-order valence-corrected chi connectivity index (χ4v) is 0.218. The molecular formula is C5H9F3O2. The van der Waals surface area contributed by atoms with Crippen LogP contribution in [0, 0.1) is 0 Å². The third-order valence-corrected chi connectivity index (χ3v) is 0.590. The van der Waals surface area contributed by atoms with Crippen molar-refractivity contribution in [2.75, 3.05) is 13.7 Å². The summed E-state index contributed by atoms with van der Waals surface area (Å²) in [5.41, 5.74) is 0. The molecule has 0 aliphatic rings. The van der Waals surface area contributed by atoms with Crippen LogP contribution in [0.4, 0.5) is 13.2 Å². The molecule has 0 bridgehead atoms. The molecule has 0 saturated carbocycles. The maximum Gasteiger partial charge on any atom is 0.391 e. The smallest absolute Gasteiger partial charge is 0.384 e. The van der Waals surface area contributed by atoms with Gasteiger partial charge in [-0.25, -0.2) is 0 Å². The summed E-state index contributed by atoms with van der Waals surface area (Å²) < 4.78 is 37.7. The normalized spacial score (nSPS) is 10.0. The number of halogens is 3. The van der Waals surface area contributed by atoms with Gasteiger partial charge in [0.05, 0.1) is 13.0 Å². The first-order chi connectivity index (χ1) is 4.56. The van der Waals surface area contributed by atoms with E-state index in [9.17, 15) is 13.2 Å². The van der Waals surface area contributed by atoms with E-state index in [2.05, 4.69) is 4.74 Å². The molecule has 0 heterocycles. The van der Waals surface area contributed by atoms with E-state index in [1.54, 1.807) is 0 Å². The highest BCUT2D eigenvalue weighted by molar-refractivity contribution is 5.10. The second kappa shape index (κ2) is 6.54. The lowest BCUT2D eigenvalue weighted by Crippen LogP contribution is -2.10. The predicted molar refractivity (Wildman–Crippen MR) is 29.7 cm³/mol. The van der Waals surface area contributed by atoms with Crippen LogP contribution < -0.4 is 0 Å². The van der Waals surface area contributed by atoms with Crippen molar-refractivity contribution >= 4 is 6.79 Å². The molecule has 0 amide bonds. The van der Waals surface area contributed by atoms with Crippen molar-refractivity contribution in [2.45, 2.75) is 12.6 Å². The molecule has 0 saturated heterocycles. The molecule has 0 aliphatic carbocycles. The number of methoxy groups -OCH3 is 1. The van der Waals surface area contributed by atoms with Gasteiger partial charge >= 0.3 is 6.18 Å². The maximum absolute atomic E-state index is 11.2. The number of alkyl halides is 3. The summed E-state index contributed by atoms with van der Waals surface area (Å²) in [6, 6.07) is 0. The third kappa shape index (κ3) is 15.7. The summed E-state index contributed by atoms with van der Waals surface area (Å²) in [5, 5.41) is 0. The number of rotatable bonds is 2. The Labute approximate surface area is 57.0 Å². The quantitative estimate of drug-likeness (QED) is 0.607. The lowest BCUT2D eigenvalue weighted by molar-refractivity contribution is -0.143. The van der Waals surface area contributed by atoms with E-state index in [1.165, 1.54) is 7.11 Å². The first kappa shape index (κ1) is 12.1. The van der Waals surface area contributed by atoms with Crippen molar-refractivity contribution in [1.82, 2.24) is 0 Å². The van der Waals surface area contributed by atoms with Gasteiger partial charge in [-0.05, 0) is 0 Å². The Morgan fingerprint density at radius 3 is 1.90 bits per heavy atom. The SMILES string of the molecule is C=O.COCCC(F)(F)F. The zero-order valence-corrected chi connectivity index (χ0v) is 5.57. The monoisotopic (exact) mass is 158 g/mol. The lowest BCUT2D eigenvalue weighted by Gasteiger charge is -2.02. The highest BCUT2D eigenvalue weighted by atomic mass is 19.4. The number of carbonyl (C=O) groups is 1. The maximum atomic E-state index is 11.2. The van der Waals surface area contributed by atoms with Crippen LogP contribution in [0.25, 0.3) is 0 Å². The fraction of sp³-hybridized carbons (Fsp3) is 0.800. The molecule has 2 nitrogen and oxygen atoms in total. The number of hydrogen-bond donors (Lipinski definition) is 0. The molecule has 10 heavy (non-hydrogen) atoms. The largest absolute Gasteiger partial charge is 0.391 e. The Kier molecular flexibility index (Phi) is 7.93. The standard InChI is InChI=1S/C4H7F3O.CH2O/c1-8-3-2-4(5,6)7;1-2/h2-3H2,1H3;1H2. The van der Waals surface area contributed by atoms with Gasteiger partial charge in [0.25, 0.3) is 0 Å². The summed E-state index contributed by atoms with van der Waals surface area (Å²) >= 11 is 0. The summed E-state index contributed by atoms with van der Waals surface area (Å²) in [4.78, 5) is 8.00. The molecule has 0 spiro atoms.